The summed E-state index contributed by atoms with van der Waals surface area (Å²) in [5.41, 5.74) is 0.388. The van der Waals surface area contributed by atoms with Crippen LogP contribution in [-0.2, 0) is 33.3 Å². The van der Waals surface area contributed by atoms with E-state index in [4.69, 9.17) is 61.3 Å². The third kappa shape index (κ3) is 13.5. The van der Waals surface area contributed by atoms with Gasteiger partial charge in [0.15, 0.2) is 34.5 Å². The third-order valence-corrected chi connectivity index (χ3v) is 13.6. The van der Waals surface area contributed by atoms with Crippen molar-refractivity contribution < 1.29 is 142 Å². The fraction of sp³-hybridized carbons (Fsp3) is 0.400. The first kappa shape index (κ1) is 62.0. The SMILES string of the molecule is COc1cc(C=CC(=O)OCC2OC(Oc3cc(O)c4cc(OC5OC(CO)C(O)C(O)C5O)c(-c5ccc(O)c(OC6OC(COC(=O)C=Cc7cc(OC)c(O)c(OC)c7)C(O)C(O)C6O)c5)[o+]c4c3)C(O)C(O)C2O)cc(OC)c1O. The molecular weight excluding hydrogens is 1120 g/mol. The Balaban J connectivity index is 1.04. The minimum absolute atomic E-state index is 0.0449. The Hall–Kier alpha value is -8.01. The average molecular weight is 1190 g/mol. The van der Waals surface area contributed by atoms with E-state index in [1.165, 1.54) is 70.9 Å². The van der Waals surface area contributed by atoms with Gasteiger partial charge in [0.2, 0.25) is 36.1 Å². The van der Waals surface area contributed by atoms with Crippen molar-refractivity contribution in [3.63, 3.8) is 0 Å². The van der Waals surface area contributed by atoms with Crippen LogP contribution in [0.3, 0.4) is 0 Å². The number of rotatable bonds is 20. The maximum Gasteiger partial charge on any atom is 0.402 e. The fourth-order valence-electron chi connectivity index (χ4n) is 8.91. The zero-order chi connectivity index (χ0) is 60.8. The van der Waals surface area contributed by atoms with E-state index in [-0.39, 0.29) is 62.5 Å². The van der Waals surface area contributed by atoms with E-state index in [0.29, 0.717) is 11.1 Å². The van der Waals surface area contributed by atoms with Gasteiger partial charge in [-0.1, -0.05) is 0 Å². The van der Waals surface area contributed by atoms with Gasteiger partial charge in [-0.2, -0.15) is 0 Å². The van der Waals surface area contributed by atoms with Gasteiger partial charge in [-0.25, -0.2) is 14.0 Å². The monoisotopic (exact) mass is 1190 g/mol. The van der Waals surface area contributed by atoms with Crippen LogP contribution in [-0.4, -0.2) is 224 Å². The summed E-state index contributed by atoms with van der Waals surface area (Å²) in [6.07, 6.45) is -22.8. The molecule has 0 amide bonds. The van der Waals surface area contributed by atoms with Crippen LogP contribution in [0.1, 0.15) is 11.1 Å². The highest BCUT2D eigenvalue weighted by molar-refractivity contribution is 5.89. The number of ether oxygens (including phenoxy) is 12. The second kappa shape index (κ2) is 26.7. The van der Waals surface area contributed by atoms with E-state index in [9.17, 15) is 81.1 Å². The molecule has 5 aromatic rings. The Kier molecular flexibility index (Phi) is 19.7. The molecule has 1 aromatic heterocycles. The van der Waals surface area contributed by atoms with Crippen LogP contribution >= 0.6 is 0 Å². The van der Waals surface area contributed by atoms with Crippen molar-refractivity contribution in [1.82, 2.24) is 0 Å². The van der Waals surface area contributed by atoms with Gasteiger partial charge in [-0.05, 0) is 59.7 Å². The molecular formula is C55H61O29+. The molecule has 29 nitrogen and oxygen atoms in total. The number of aliphatic hydroxyl groups excluding tert-OH is 10. The summed E-state index contributed by atoms with van der Waals surface area (Å²) >= 11 is 0. The molecule has 454 valence electrons. The van der Waals surface area contributed by atoms with Crippen molar-refractivity contribution in [2.45, 2.75) is 92.1 Å². The number of phenols is 4. The topological polar surface area (TPSA) is 439 Å². The highest BCUT2D eigenvalue weighted by Crippen LogP contribution is 2.44. The van der Waals surface area contributed by atoms with E-state index in [1.807, 2.05) is 0 Å². The standard InChI is InChI=1S/C55H60O29/c1-72-31-11-22(12-32(73-2)41(31)61)5-9-39(59)76-20-37-44(64)47(67)49(69)53(83-37)78-25-16-28(58)26-18-35(81-55-50(70)46(66)43(63)36(19-56)82-55)52(79-29(26)17-25)24-7-8-27(57)30(15-24)80-54-51(71)48(68)45(65)38(84-54)21-77-40(60)10-6-23-13-33(74-3)42(62)34(14-23)75-4/h5-18,36-38,43-51,53-56,63-71H,19-21H2,1-4H3,(H3-,57,58,59,60,61,62)/p+1. The van der Waals surface area contributed by atoms with Crippen LogP contribution in [0.5, 0.6) is 63.2 Å². The number of methoxy groups -OCH3 is 4. The lowest BCUT2D eigenvalue weighted by atomic mass is 9.99. The molecule has 3 fully saturated rings. The molecule has 3 aliphatic rings. The molecule has 15 unspecified atom stereocenters. The summed E-state index contributed by atoms with van der Waals surface area (Å²) in [5, 5.41) is 150. The fourth-order valence-corrected chi connectivity index (χ4v) is 8.91. The molecule has 0 radical (unpaired) electrons. The molecule has 84 heavy (non-hydrogen) atoms. The molecule has 0 spiro atoms. The maximum absolute atomic E-state index is 12.8. The van der Waals surface area contributed by atoms with Gasteiger partial charge in [0.05, 0.1) is 46.7 Å². The minimum Gasteiger partial charge on any atom is -0.507 e. The van der Waals surface area contributed by atoms with Crippen LogP contribution in [0.25, 0.3) is 34.4 Å². The maximum atomic E-state index is 12.8. The van der Waals surface area contributed by atoms with Crippen molar-refractivity contribution in [3.8, 4) is 74.6 Å². The number of esters is 2. The van der Waals surface area contributed by atoms with Crippen LogP contribution in [0.4, 0.5) is 0 Å². The summed E-state index contributed by atoms with van der Waals surface area (Å²) in [5.74, 6) is -5.04. The summed E-state index contributed by atoms with van der Waals surface area (Å²) < 4.78 is 72.0. The molecule has 3 saturated heterocycles. The first-order chi connectivity index (χ1) is 40.1. The lowest BCUT2D eigenvalue weighted by Crippen LogP contribution is -2.60. The van der Waals surface area contributed by atoms with Crippen LogP contribution in [0, 0.1) is 0 Å². The summed E-state index contributed by atoms with van der Waals surface area (Å²) in [4.78, 5) is 25.6. The molecule has 4 heterocycles. The van der Waals surface area contributed by atoms with Crippen LogP contribution in [0.2, 0.25) is 0 Å². The van der Waals surface area contributed by atoms with E-state index in [1.54, 1.807) is 0 Å². The Morgan fingerprint density at radius 1 is 0.488 bits per heavy atom. The van der Waals surface area contributed by atoms with Gasteiger partial charge in [0, 0.05) is 30.4 Å². The van der Waals surface area contributed by atoms with Crippen molar-refractivity contribution in [1.29, 1.82) is 0 Å². The lowest BCUT2D eigenvalue weighted by Gasteiger charge is -2.39. The number of aromatic hydroxyl groups is 4. The molecule has 15 atom stereocenters. The van der Waals surface area contributed by atoms with Gasteiger partial charge >= 0.3 is 23.3 Å². The number of aliphatic hydroxyl groups is 10. The molecule has 0 aliphatic carbocycles. The summed E-state index contributed by atoms with van der Waals surface area (Å²) in [6, 6.07) is 12.4. The Labute approximate surface area is 475 Å². The highest BCUT2D eigenvalue weighted by atomic mass is 16.7. The smallest absolute Gasteiger partial charge is 0.402 e. The zero-order valence-electron chi connectivity index (χ0n) is 44.7. The minimum atomic E-state index is -2.01. The van der Waals surface area contributed by atoms with Crippen molar-refractivity contribution in [2.75, 3.05) is 48.3 Å². The molecule has 29 heteroatoms. The van der Waals surface area contributed by atoms with Gasteiger partial charge < -0.3 is 128 Å². The number of carbonyl (C=O) groups is 2. The largest absolute Gasteiger partial charge is 0.507 e. The second-order valence-corrected chi connectivity index (χ2v) is 19.0. The quantitative estimate of drug-likeness (QED) is 0.0260. The normalized spacial score (nSPS) is 28.0. The number of carbonyl (C=O) groups excluding carboxylic acids is 2. The molecule has 0 saturated carbocycles. The number of fused-ring (bicyclic) bond motifs is 1. The van der Waals surface area contributed by atoms with Gasteiger partial charge in [-0.3, -0.25) is 0 Å². The van der Waals surface area contributed by atoms with Gasteiger partial charge in [0.1, 0.15) is 103 Å². The molecule has 4 aromatic carbocycles. The number of benzene rings is 4. The van der Waals surface area contributed by atoms with Crippen molar-refractivity contribution >= 4 is 35.1 Å². The van der Waals surface area contributed by atoms with Crippen molar-refractivity contribution in [3.05, 3.63) is 83.9 Å². The Morgan fingerprint density at radius 3 is 1.37 bits per heavy atom. The number of phenolic OH excluding ortho intramolecular Hbond substituents is 4. The number of hydrogen-bond donors (Lipinski definition) is 14. The van der Waals surface area contributed by atoms with Crippen molar-refractivity contribution in [2.24, 2.45) is 0 Å². The molecule has 8 rings (SSSR count). The second-order valence-electron chi connectivity index (χ2n) is 19.0. The average Bonchev–Trinajstić information content (AvgIpc) is 2.27. The predicted octanol–water partition coefficient (Wildman–Crippen LogP) is -0.698. The van der Waals surface area contributed by atoms with E-state index in [2.05, 4.69) is 0 Å². The van der Waals surface area contributed by atoms with Crippen LogP contribution < -0.4 is 33.2 Å². The summed E-state index contributed by atoms with van der Waals surface area (Å²) in [7, 11) is 5.24. The summed E-state index contributed by atoms with van der Waals surface area (Å²) in [6.45, 7) is -2.24. The lowest BCUT2D eigenvalue weighted by molar-refractivity contribution is -0.278. The van der Waals surface area contributed by atoms with E-state index in [0.717, 1.165) is 42.5 Å². The first-order valence-corrected chi connectivity index (χ1v) is 25.3. The first-order valence-electron chi connectivity index (χ1n) is 25.3. The Bertz CT molecular complexity index is 3150. The third-order valence-electron chi connectivity index (χ3n) is 13.6. The van der Waals surface area contributed by atoms with Gasteiger partial charge in [-0.15, -0.1) is 0 Å². The highest BCUT2D eigenvalue weighted by Gasteiger charge is 2.49. The van der Waals surface area contributed by atoms with Gasteiger partial charge in [0.25, 0.3) is 0 Å². The molecule has 14 N–H and O–H groups in total. The van der Waals surface area contributed by atoms with E-state index < -0.39 is 147 Å². The molecule has 0 bridgehead atoms. The number of hydrogen-bond acceptors (Lipinski definition) is 28. The Morgan fingerprint density at radius 2 is 0.917 bits per heavy atom. The molecule has 3 aliphatic heterocycles. The predicted molar refractivity (Wildman–Crippen MR) is 281 cm³/mol. The zero-order valence-corrected chi connectivity index (χ0v) is 44.7. The van der Waals surface area contributed by atoms with Crippen LogP contribution in [0.15, 0.2) is 77.2 Å². The van der Waals surface area contributed by atoms with E-state index >= 15 is 0 Å².